The lowest BCUT2D eigenvalue weighted by molar-refractivity contribution is -0.145. The zero-order valence-corrected chi connectivity index (χ0v) is 7.64. The molecule has 1 fully saturated rings. The van der Waals surface area contributed by atoms with Gasteiger partial charge in [0.2, 0.25) is 0 Å². The number of nitrogens with one attached hydrogen (secondary N) is 1. The summed E-state index contributed by atoms with van der Waals surface area (Å²) in [5.74, 6) is 0.495. The maximum Gasteiger partial charge on any atom is 0.306 e. The molecule has 0 aliphatic carbocycles. The third-order valence-electron chi connectivity index (χ3n) is 2.08. The van der Waals surface area contributed by atoms with Crippen molar-refractivity contribution in [1.29, 1.82) is 0 Å². The van der Waals surface area contributed by atoms with Gasteiger partial charge in [0.25, 0.3) is 0 Å². The summed E-state index contributed by atoms with van der Waals surface area (Å²) < 4.78 is 5.02. The zero-order chi connectivity index (χ0) is 8.81. The first kappa shape index (κ1) is 9.52. The number of carbonyl (C=O) groups is 1. The van der Waals surface area contributed by atoms with Crippen LogP contribution >= 0.6 is 0 Å². The summed E-state index contributed by atoms with van der Waals surface area (Å²) in [5, 5.41) is 3.13. The Bertz CT molecular complexity index is 143. The van der Waals surface area contributed by atoms with Crippen LogP contribution in [0.1, 0.15) is 26.2 Å². The molecule has 0 saturated carbocycles. The highest BCUT2D eigenvalue weighted by molar-refractivity contribution is 5.69. The summed E-state index contributed by atoms with van der Waals surface area (Å²) in [6.07, 6.45) is 2.66. The molecule has 0 aromatic heterocycles. The van der Waals surface area contributed by atoms with Crippen molar-refractivity contribution in [3.63, 3.8) is 0 Å². The molecule has 70 valence electrons. The molecule has 3 nitrogen and oxygen atoms in total. The first-order valence-corrected chi connectivity index (χ1v) is 4.69. The molecule has 1 rings (SSSR count). The maximum atomic E-state index is 11.1. The van der Waals surface area contributed by atoms with E-state index in [0.29, 0.717) is 18.9 Å². The van der Waals surface area contributed by atoms with E-state index in [4.69, 9.17) is 4.74 Å². The van der Waals surface area contributed by atoms with E-state index in [1.165, 1.54) is 0 Å². The van der Waals surface area contributed by atoms with E-state index < -0.39 is 0 Å². The van der Waals surface area contributed by atoms with Gasteiger partial charge in [0.05, 0.1) is 13.0 Å². The van der Waals surface area contributed by atoms with E-state index in [-0.39, 0.29) is 5.97 Å². The Labute approximate surface area is 73.5 Å². The highest BCUT2D eigenvalue weighted by Gasteiger charge is 2.20. The molecule has 0 amide bonds. The van der Waals surface area contributed by atoms with Crippen LogP contribution in [0, 0.1) is 5.92 Å². The molecule has 0 unspecified atom stereocenters. The second kappa shape index (κ2) is 5.14. The van der Waals surface area contributed by atoms with E-state index >= 15 is 0 Å². The minimum atomic E-state index is -0.0325. The summed E-state index contributed by atoms with van der Waals surface area (Å²) in [6, 6.07) is 0. The van der Waals surface area contributed by atoms with Gasteiger partial charge in [0, 0.05) is 0 Å². The van der Waals surface area contributed by atoms with E-state index in [1.54, 1.807) is 0 Å². The fraction of sp³-hybridized carbons (Fsp3) is 0.889. The molecular formula is C9H17NO2. The molecule has 1 aliphatic rings. The Morgan fingerprint density at radius 1 is 1.58 bits per heavy atom. The van der Waals surface area contributed by atoms with Gasteiger partial charge in [0.1, 0.15) is 0 Å². The van der Waals surface area contributed by atoms with Crippen molar-refractivity contribution in [2.45, 2.75) is 26.2 Å². The lowest BCUT2D eigenvalue weighted by Crippen LogP contribution is -2.43. The van der Waals surface area contributed by atoms with Gasteiger partial charge in [-0.15, -0.1) is 0 Å². The van der Waals surface area contributed by atoms with Gasteiger partial charge in [-0.05, 0) is 25.4 Å². The Kier molecular flexibility index (Phi) is 4.08. The zero-order valence-electron chi connectivity index (χ0n) is 7.64. The van der Waals surface area contributed by atoms with Crippen molar-refractivity contribution in [1.82, 2.24) is 5.32 Å². The summed E-state index contributed by atoms with van der Waals surface area (Å²) in [7, 11) is 0. The van der Waals surface area contributed by atoms with Crippen LogP contribution in [0.2, 0.25) is 0 Å². The van der Waals surface area contributed by atoms with Crippen LogP contribution in [0.15, 0.2) is 0 Å². The van der Waals surface area contributed by atoms with E-state index in [1.807, 2.05) is 0 Å². The molecule has 0 bridgehead atoms. The monoisotopic (exact) mass is 171 g/mol. The van der Waals surface area contributed by atoms with Gasteiger partial charge < -0.3 is 10.1 Å². The minimum absolute atomic E-state index is 0.0325. The first-order valence-electron chi connectivity index (χ1n) is 4.69. The van der Waals surface area contributed by atoms with Crippen LogP contribution in [0.3, 0.4) is 0 Å². The van der Waals surface area contributed by atoms with Crippen LogP contribution in [0.4, 0.5) is 0 Å². The number of unbranched alkanes of at least 4 members (excludes halogenated alkanes) is 1. The molecule has 1 saturated heterocycles. The molecule has 0 aromatic rings. The third kappa shape index (κ3) is 3.22. The van der Waals surface area contributed by atoms with Gasteiger partial charge in [-0.2, -0.15) is 0 Å². The molecule has 0 spiro atoms. The van der Waals surface area contributed by atoms with Crippen molar-refractivity contribution in [3.05, 3.63) is 0 Å². The van der Waals surface area contributed by atoms with Crippen LogP contribution < -0.4 is 5.32 Å². The highest BCUT2D eigenvalue weighted by atomic mass is 16.5. The minimum Gasteiger partial charge on any atom is -0.466 e. The predicted octanol–water partition coefficient (Wildman–Crippen LogP) is 0.939. The summed E-state index contributed by atoms with van der Waals surface area (Å²) in [6.45, 7) is 4.63. The van der Waals surface area contributed by atoms with Gasteiger partial charge in [-0.3, -0.25) is 4.79 Å². The highest BCUT2D eigenvalue weighted by Crippen LogP contribution is 2.08. The van der Waals surface area contributed by atoms with E-state index in [2.05, 4.69) is 12.2 Å². The lowest BCUT2D eigenvalue weighted by Gasteiger charge is -2.25. The first-order chi connectivity index (χ1) is 5.83. The quantitative estimate of drug-likeness (QED) is 0.494. The molecule has 1 N–H and O–H groups in total. The van der Waals surface area contributed by atoms with E-state index in [0.717, 1.165) is 25.9 Å². The van der Waals surface area contributed by atoms with Crippen LogP contribution in [-0.2, 0) is 9.53 Å². The normalized spacial score (nSPS) is 17.1. The maximum absolute atomic E-state index is 11.1. The predicted molar refractivity (Wildman–Crippen MR) is 46.8 cm³/mol. The van der Waals surface area contributed by atoms with Gasteiger partial charge in [-0.25, -0.2) is 0 Å². The van der Waals surface area contributed by atoms with Crippen molar-refractivity contribution in [2.75, 3.05) is 19.7 Å². The van der Waals surface area contributed by atoms with Crippen molar-refractivity contribution in [2.24, 2.45) is 5.92 Å². The fourth-order valence-corrected chi connectivity index (χ4v) is 1.12. The van der Waals surface area contributed by atoms with Gasteiger partial charge in [0.15, 0.2) is 0 Å². The standard InChI is InChI=1S/C9H17NO2/c1-2-3-4-12-9(11)5-8-6-10-7-8/h8,10H,2-7H2,1H3. The van der Waals surface area contributed by atoms with Crippen molar-refractivity contribution < 1.29 is 9.53 Å². The van der Waals surface area contributed by atoms with Crippen LogP contribution in [0.25, 0.3) is 0 Å². The van der Waals surface area contributed by atoms with Crippen molar-refractivity contribution >= 4 is 5.97 Å². The Balaban J connectivity index is 1.95. The number of rotatable bonds is 5. The molecular weight excluding hydrogens is 154 g/mol. The number of hydrogen-bond acceptors (Lipinski definition) is 3. The average molecular weight is 171 g/mol. The van der Waals surface area contributed by atoms with Crippen molar-refractivity contribution in [3.8, 4) is 0 Å². The average Bonchev–Trinajstić information content (AvgIpc) is 1.98. The number of hydrogen-bond donors (Lipinski definition) is 1. The Hall–Kier alpha value is -0.570. The molecule has 12 heavy (non-hydrogen) atoms. The molecule has 1 heterocycles. The van der Waals surface area contributed by atoms with Gasteiger partial charge >= 0.3 is 5.97 Å². The Morgan fingerprint density at radius 3 is 2.83 bits per heavy atom. The smallest absolute Gasteiger partial charge is 0.306 e. The number of esters is 1. The topological polar surface area (TPSA) is 38.3 Å². The molecule has 0 aromatic carbocycles. The number of ether oxygens (including phenoxy) is 1. The van der Waals surface area contributed by atoms with Crippen LogP contribution in [0.5, 0.6) is 0 Å². The molecule has 3 heteroatoms. The largest absolute Gasteiger partial charge is 0.466 e. The summed E-state index contributed by atoms with van der Waals surface area (Å²) in [4.78, 5) is 11.1. The second-order valence-corrected chi connectivity index (χ2v) is 3.30. The second-order valence-electron chi connectivity index (χ2n) is 3.30. The number of carbonyl (C=O) groups excluding carboxylic acids is 1. The van der Waals surface area contributed by atoms with Crippen LogP contribution in [-0.4, -0.2) is 25.7 Å². The fourth-order valence-electron chi connectivity index (χ4n) is 1.12. The van der Waals surface area contributed by atoms with Gasteiger partial charge in [-0.1, -0.05) is 13.3 Å². The lowest BCUT2D eigenvalue weighted by atomic mass is 10.00. The molecule has 1 aliphatic heterocycles. The third-order valence-corrected chi connectivity index (χ3v) is 2.08. The Morgan fingerprint density at radius 2 is 2.33 bits per heavy atom. The summed E-state index contributed by atoms with van der Waals surface area (Å²) in [5.41, 5.74) is 0. The van der Waals surface area contributed by atoms with E-state index in [9.17, 15) is 4.79 Å². The molecule has 0 radical (unpaired) electrons. The molecule has 0 atom stereocenters. The SMILES string of the molecule is CCCCOC(=O)CC1CNC1. The summed E-state index contributed by atoms with van der Waals surface area (Å²) >= 11 is 0.